The topological polar surface area (TPSA) is 23.8 Å². The minimum atomic E-state index is -0.787. The van der Waals surface area contributed by atoms with E-state index in [-0.39, 0.29) is 11.7 Å². The van der Waals surface area contributed by atoms with E-state index in [9.17, 15) is 13.2 Å². The first-order chi connectivity index (χ1) is 14.0. The summed E-state index contributed by atoms with van der Waals surface area (Å²) in [5.74, 6) is -1.38. The molecule has 0 saturated carbocycles. The fourth-order valence-corrected chi connectivity index (χ4v) is 4.34. The van der Waals surface area contributed by atoms with Gasteiger partial charge in [0.2, 0.25) is 0 Å². The smallest absolute Gasteiger partial charge is 0.147 e. The van der Waals surface area contributed by atoms with Crippen LogP contribution in [0.3, 0.4) is 0 Å². The number of benzene rings is 2. The maximum atomic E-state index is 14.5. The van der Waals surface area contributed by atoms with Crippen LogP contribution in [0.4, 0.5) is 13.2 Å². The molecule has 2 aromatic carbocycles. The Balaban J connectivity index is 1.58. The predicted molar refractivity (Wildman–Crippen MR) is 109 cm³/mol. The third-order valence-electron chi connectivity index (χ3n) is 6.09. The van der Waals surface area contributed by atoms with Crippen LogP contribution in [-0.2, 0) is 25.7 Å². The van der Waals surface area contributed by atoms with Crippen LogP contribution in [0.5, 0.6) is 0 Å². The summed E-state index contributed by atoms with van der Waals surface area (Å²) >= 11 is 0. The molecule has 1 atom stereocenters. The first-order valence-electron chi connectivity index (χ1n) is 10.7. The number of rotatable bonds is 8. The van der Waals surface area contributed by atoms with Crippen LogP contribution in [0.1, 0.15) is 73.3 Å². The van der Waals surface area contributed by atoms with Crippen LogP contribution in [0.15, 0.2) is 24.3 Å². The van der Waals surface area contributed by atoms with Crippen molar-refractivity contribution in [1.29, 1.82) is 5.26 Å². The average Bonchev–Trinajstić information content (AvgIpc) is 2.70. The van der Waals surface area contributed by atoms with E-state index in [1.807, 2.05) is 12.1 Å². The summed E-state index contributed by atoms with van der Waals surface area (Å²) in [7, 11) is 0. The van der Waals surface area contributed by atoms with Gasteiger partial charge in [0.05, 0.1) is 0 Å². The van der Waals surface area contributed by atoms with Crippen molar-refractivity contribution < 1.29 is 13.2 Å². The van der Waals surface area contributed by atoms with Crippen molar-refractivity contribution in [2.24, 2.45) is 5.92 Å². The molecule has 0 N–H and O–H groups in total. The van der Waals surface area contributed by atoms with E-state index < -0.39 is 17.2 Å². The van der Waals surface area contributed by atoms with Crippen molar-refractivity contribution in [3.05, 3.63) is 69.5 Å². The molecule has 0 radical (unpaired) electrons. The van der Waals surface area contributed by atoms with Gasteiger partial charge in [-0.1, -0.05) is 38.3 Å². The second kappa shape index (κ2) is 9.96. The molecule has 1 nitrogen and oxygen atoms in total. The molecule has 4 heteroatoms. The zero-order valence-electron chi connectivity index (χ0n) is 17.0. The predicted octanol–water partition coefficient (Wildman–Crippen LogP) is 6.84. The Hall–Kier alpha value is -2.28. The maximum absolute atomic E-state index is 14.5. The van der Waals surface area contributed by atoms with Crippen molar-refractivity contribution in [3.8, 4) is 6.07 Å². The van der Waals surface area contributed by atoms with E-state index in [0.717, 1.165) is 31.2 Å². The number of hydrogen-bond donors (Lipinski definition) is 0. The van der Waals surface area contributed by atoms with Gasteiger partial charge in [-0.3, -0.25) is 0 Å². The van der Waals surface area contributed by atoms with Crippen molar-refractivity contribution in [1.82, 2.24) is 0 Å². The lowest BCUT2D eigenvalue weighted by molar-refractivity contribution is 0.412. The molecule has 0 amide bonds. The second-order valence-electron chi connectivity index (χ2n) is 8.18. The van der Waals surface area contributed by atoms with E-state index in [1.165, 1.54) is 25.3 Å². The van der Waals surface area contributed by atoms with E-state index in [4.69, 9.17) is 5.26 Å². The van der Waals surface area contributed by atoms with Crippen molar-refractivity contribution in [2.75, 3.05) is 0 Å². The van der Waals surface area contributed by atoms with E-state index >= 15 is 0 Å². The first-order valence-corrected chi connectivity index (χ1v) is 10.7. The van der Waals surface area contributed by atoms with Gasteiger partial charge in [0.15, 0.2) is 0 Å². The first kappa shape index (κ1) is 21.4. The Kier molecular flexibility index (Phi) is 7.36. The zero-order valence-corrected chi connectivity index (χ0v) is 17.0. The van der Waals surface area contributed by atoms with Crippen molar-refractivity contribution >= 4 is 0 Å². The van der Waals surface area contributed by atoms with Crippen LogP contribution in [0.2, 0.25) is 0 Å². The largest absolute Gasteiger partial charge is 0.207 e. The lowest BCUT2D eigenvalue weighted by Crippen LogP contribution is -2.18. The van der Waals surface area contributed by atoms with Crippen LogP contribution < -0.4 is 0 Å². The van der Waals surface area contributed by atoms with Gasteiger partial charge in [0.1, 0.15) is 29.1 Å². The molecule has 3 rings (SSSR count). The molecule has 0 bridgehead atoms. The highest BCUT2D eigenvalue weighted by atomic mass is 19.1. The third kappa shape index (κ3) is 5.21. The molecule has 0 heterocycles. The number of hydrogen-bond acceptors (Lipinski definition) is 1. The number of nitrogens with zero attached hydrogens (tertiary/aromatic N) is 1. The van der Waals surface area contributed by atoms with Gasteiger partial charge in [-0.25, -0.2) is 13.2 Å². The lowest BCUT2D eigenvalue weighted by Gasteiger charge is -2.25. The summed E-state index contributed by atoms with van der Waals surface area (Å²) in [6.45, 7) is 2.18. The van der Waals surface area contributed by atoms with Crippen molar-refractivity contribution in [3.63, 3.8) is 0 Å². The summed E-state index contributed by atoms with van der Waals surface area (Å²) in [6, 6.07) is 8.48. The quantitative estimate of drug-likeness (QED) is 0.446. The molecule has 2 aromatic rings. The molecule has 154 valence electrons. The SMILES string of the molecule is CCCCCCc1ccc(CCC2CCc3c(cc(F)c(C#N)c3F)C2)c(F)c1. The van der Waals surface area contributed by atoms with E-state index in [0.29, 0.717) is 36.0 Å². The molecule has 29 heavy (non-hydrogen) atoms. The van der Waals surface area contributed by atoms with Gasteiger partial charge in [-0.15, -0.1) is 0 Å². The van der Waals surface area contributed by atoms with Crippen LogP contribution in [-0.4, -0.2) is 0 Å². The molecule has 0 fully saturated rings. The zero-order chi connectivity index (χ0) is 20.8. The van der Waals surface area contributed by atoms with Crippen molar-refractivity contribution in [2.45, 2.75) is 71.1 Å². The molecular formula is C25H28F3N. The normalized spacial score (nSPS) is 15.8. The third-order valence-corrected chi connectivity index (χ3v) is 6.09. The number of aryl methyl sites for hydroxylation is 2. The summed E-state index contributed by atoms with van der Waals surface area (Å²) in [5, 5.41) is 8.91. The maximum Gasteiger partial charge on any atom is 0.147 e. The summed E-state index contributed by atoms with van der Waals surface area (Å²) in [6.07, 6.45) is 8.86. The second-order valence-corrected chi connectivity index (χ2v) is 8.18. The summed E-state index contributed by atoms with van der Waals surface area (Å²) < 4.78 is 42.7. The monoisotopic (exact) mass is 399 g/mol. The van der Waals surface area contributed by atoms with Gasteiger partial charge >= 0.3 is 0 Å². The van der Waals surface area contributed by atoms with Gasteiger partial charge in [-0.2, -0.15) is 5.26 Å². The highest BCUT2D eigenvalue weighted by Gasteiger charge is 2.25. The molecule has 0 aliphatic heterocycles. The minimum Gasteiger partial charge on any atom is -0.207 e. The Morgan fingerprint density at radius 2 is 1.86 bits per heavy atom. The molecule has 1 aliphatic rings. The van der Waals surface area contributed by atoms with Gasteiger partial charge < -0.3 is 0 Å². The molecule has 0 saturated heterocycles. The molecule has 1 aliphatic carbocycles. The Bertz CT molecular complexity index is 898. The molecule has 0 spiro atoms. The standard InChI is InChI=1S/C25H28F3N/c1-2-3-4-5-6-17-7-10-19(23(26)14-17)11-8-18-9-12-21-20(13-18)15-24(27)22(16-29)25(21)28/h7,10,14-15,18H,2-6,8-9,11-13H2,1H3. The van der Waals surface area contributed by atoms with Crippen LogP contribution >= 0.6 is 0 Å². The summed E-state index contributed by atoms with van der Waals surface area (Å²) in [4.78, 5) is 0. The summed E-state index contributed by atoms with van der Waals surface area (Å²) in [5.41, 5.74) is 2.40. The molecular weight excluding hydrogens is 371 g/mol. The van der Waals surface area contributed by atoms with E-state index in [1.54, 1.807) is 12.1 Å². The van der Waals surface area contributed by atoms with Crippen LogP contribution in [0, 0.1) is 34.7 Å². The Morgan fingerprint density at radius 1 is 1.03 bits per heavy atom. The molecule has 1 unspecified atom stereocenters. The Labute approximate surface area is 171 Å². The van der Waals surface area contributed by atoms with E-state index in [2.05, 4.69) is 6.92 Å². The van der Waals surface area contributed by atoms with Gasteiger partial charge in [0, 0.05) is 0 Å². The molecule has 0 aromatic heterocycles. The highest BCUT2D eigenvalue weighted by molar-refractivity contribution is 5.42. The highest BCUT2D eigenvalue weighted by Crippen LogP contribution is 2.32. The number of halogens is 3. The number of nitriles is 1. The number of unbranched alkanes of at least 4 members (excludes halogenated alkanes) is 3. The average molecular weight is 400 g/mol. The number of fused-ring (bicyclic) bond motifs is 1. The fourth-order valence-electron chi connectivity index (χ4n) is 4.34. The van der Waals surface area contributed by atoms with Gasteiger partial charge in [0.25, 0.3) is 0 Å². The van der Waals surface area contributed by atoms with Crippen LogP contribution in [0.25, 0.3) is 0 Å². The lowest BCUT2D eigenvalue weighted by atomic mass is 9.80. The fraction of sp³-hybridized carbons (Fsp3) is 0.480. The van der Waals surface area contributed by atoms with Gasteiger partial charge in [-0.05, 0) is 85.3 Å². The Morgan fingerprint density at radius 3 is 2.59 bits per heavy atom. The minimum absolute atomic E-state index is 0.148.